The number of piperazine rings is 1. The lowest BCUT2D eigenvalue weighted by Crippen LogP contribution is -2.47. The van der Waals surface area contributed by atoms with E-state index in [4.69, 9.17) is 5.73 Å². The fraction of sp³-hybridized carbons (Fsp3) is 0.643. The number of nitrogens with two attached hydrogens (primary N) is 1. The molecule has 0 aliphatic carbocycles. The molecule has 1 fully saturated rings. The molecule has 0 radical (unpaired) electrons. The van der Waals surface area contributed by atoms with Crippen LogP contribution in [0.3, 0.4) is 0 Å². The van der Waals surface area contributed by atoms with Gasteiger partial charge in [0.15, 0.2) is 0 Å². The number of rotatable bonds is 5. The highest BCUT2D eigenvalue weighted by molar-refractivity contribution is 5.39. The number of hydrogen-bond acceptors (Lipinski definition) is 4. The molecule has 1 aromatic rings. The zero-order valence-corrected chi connectivity index (χ0v) is 11.3. The Hall–Kier alpha value is -1.13. The zero-order valence-electron chi connectivity index (χ0n) is 11.3. The first-order valence-electron chi connectivity index (χ1n) is 6.90. The molecule has 0 amide bonds. The van der Waals surface area contributed by atoms with Crippen LogP contribution in [0.2, 0.25) is 0 Å². The van der Waals surface area contributed by atoms with Gasteiger partial charge in [-0.2, -0.15) is 0 Å². The van der Waals surface area contributed by atoms with Crippen molar-refractivity contribution in [1.29, 1.82) is 0 Å². The van der Waals surface area contributed by atoms with Gasteiger partial charge >= 0.3 is 0 Å². The van der Waals surface area contributed by atoms with Crippen LogP contribution in [0.25, 0.3) is 0 Å². The predicted octanol–water partition coefficient (Wildman–Crippen LogP) is 1.25. The van der Waals surface area contributed by atoms with E-state index >= 15 is 0 Å². The molecule has 0 spiro atoms. The molecule has 1 aliphatic heterocycles. The Morgan fingerprint density at radius 1 is 1.17 bits per heavy atom. The topological polar surface area (TPSA) is 45.4 Å². The molecule has 1 aromatic heterocycles. The second kappa shape index (κ2) is 6.71. The van der Waals surface area contributed by atoms with Gasteiger partial charge in [0.05, 0.1) is 0 Å². The van der Waals surface area contributed by atoms with Crippen molar-refractivity contribution in [3.8, 4) is 0 Å². The third-order valence-electron chi connectivity index (χ3n) is 3.50. The summed E-state index contributed by atoms with van der Waals surface area (Å²) in [5, 5.41) is 0. The normalized spacial score (nSPS) is 17.1. The first-order chi connectivity index (χ1) is 8.79. The van der Waals surface area contributed by atoms with E-state index in [2.05, 4.69) is 26.9 Å². The second-order valence-corrected chi connectivity index (χ2v) is 4.96. The van der Waals surface area contributed by atoms with Crippen LogP contribution in [0.15, 0.2) is 18.2 Å². The number of nitrogens with zero attached hydrogens (tertiary/aromatic N) is 3. The van der Waals surface area contributed by atoms with Crippen molar-refractivity contribution in [1.82, 2.24) is 9.88 Å². The SMILES string of the molecule is Cc1cccc(N2CCN(CCCCN)CC2)n1. The van der Waals surface area contributed by atoms with E-state index in [0.29, 0.717) is 0 Å². The van der Waals surface area contributed by atoms with E-state index in [1.165, 1.54) is 13.0 Å². The average molecular weight is 248 g/mol. The maximum Gasteiger partial charge on any atom is 0.128 e. The summed E-state index contributed by atoms with van der Waals surface area (Å²) in [5.74, 6) is 1.12. The molecule has 1 saturated heterocycles. The van der Waals surface area contributed by atoms with E-state index in [1.807, 2.05) is 13.0 Å². The lowest BCUT2D eigenvalue weighted by Gasteiger charge is -2.35. The van der Waals surface area contributed by atoms with Crippen LogP contribution in [-0.2, 0) is 0 Å². The van der Waals surface area contributed by atoms with Crippen molar-refractivity contribution in [2.45, 2.75) is 19.8 Å². The predicted molar refractivity (Wildman–Crippen MR) is 75.9 cm³/mol. The van der Waals surface area contributed by atoms with Gasteiger partial charge in [0.2, 0.25) is 0 Å². The highest BCUT2D eigenvalue weighted by Crippen LogP contribution is 2.14. The first-order valence-corrected chi connectivity index (χ1v) is 6.90. The average Bonchev–Trinajstić information content (AvgIpc) is 2.40. The van der Waals surface area contributed by atoms with Gasteiger partial charge in [-0.3, -0.25) is 4.90 Å². The van der Waals surface area contributed by atoms with Crippen molar-refractivity contribution in [2.75, 3.05) is 44.2 Å². The van der Waals surface area contributed by atoms with Gasteiger partial charge in [0.1, 0.15) is 5.82 Å². The minimum atomic E-state index is 0.813. The standard InChI is InChI=1S/C14H24N4/c1-13-5-4-6-14(16-13)18-11-9-17(10-12-18)8-3-2-7-15/h4-6H,2-3,7-12,15H2,1H3. The highest BCUT2D eigenvalue weighted by Gasteiger charge is 2.17. The third kappa shape index (κ3) is 3.68. The molecule has 0 atom stereocenters. The molecule has 18 heavy (non-hydrogen) atoms. The van der Waals surface area contributed by atoms with Gasteiger partial charge in [-0.05, 0) is 45.0 Å². The monoisotopic (exact) mass is 248 g/mol. The largest absolute Gasteiger partial charge is 0.354 e. The molecule has 4 heteroatoms. The fourth-order valence-corrected chi connectivity index (χ4v) is 2.39. The van der Waals surface area contributed by atoms with Gasteiger partial charge < -0.3 is 10.6 Å². The van der Waals surface area contributed by atoms with E-state index in [-0.39, 0.29) is 0 Å². The maximum absolute atomic E-state index is 5.52. The first kappa shape index (κ1) is 13.3. The molecular formula is C14H24N4. The number of pyridine rings is 1. The third-order valence-corrected chi connectivity index (χ3v) is 3.50. The molecule has 4 nitrogen and oxygen atoms in total. The Morgan fingerprint density at radius 2 is 1.94 bits per heavy atom. The summed E-state index contributed by atoms with van der Waals surface area (Å²) in [6, 6.07) is 6.24. The lowest BCUT2D eigenvalue weighted by atomic mass is 10.2. The van der Waals surface area contributed by atoms with Gasteiger partial charge in [-0.15, -0.1) is 0 Å². The van der Waals surface area contributed by atoms with E-state index in [0.717, 1.165) is 50.7 Å². The molecule has 0 aromatic carbocycles. The zero-order chi connectivity index (χ0) is 12.8. The van der Waals surface area contributed by atoms with E-state index in [1.54, 1.807) is 0 Å². The highest BCUT2D eigenvalue weighted by atomic mass is 15.3. The molecule has 2 rings (SSSR count). The van der Waals surface area contributed by atoms with Crippen LogP contribution in [0.4, 0.5) is 5.82 Å². The van der Waals surface area contributed by atoms with Crippen molar-refractivity contribution >= 4 is 5.82 Å². The van der Waals surface area contributed by atoms with Crippen LogP contribution in [0.5, 0.6) is 0 Å². The summed E-state index contributed by atoms with van der Waals surface area (Å²) < 4.78 is 0. The Balaban J connectivity index is 1.79. The molecule has 0 bridgehead atoms. The molecule has 0 saturated carbocycles. The van der Waals surface area contributed by atoms with Gasteiger partial charge in [-0.1, -0.05) is 6.07 Å². The molecule has 100 valence electrons. The maximum atomic E-state index is 5.52. The smallest absolute Gasteiger partial charge is 0.128 e. The number of aryl methyl sites for hydroxylation is 1. The van der Waals surface area contributed by atoms with Gasteiger partial charge in [0.25, 0.3) is 0 Å². The van der Waals surface area contributed by atoms with Crippen LogP contribution >= 0.6 is 0 Å². The Bertz CT molecular complexity index is 359. The van der Waals surface area contributed by atoms with E-state index in [9.17, 15) is 0 Å². The van der Waals surface area contributed by atoms with Crippen LogP contribution < -0.4 is 10.6 Å². The summed E-state index contributed by atoms with van der Waals surface area (Å²) in [4.78, 5) is 9.50. The van der Waals surface area contributed by atoms with Crippen molar-refractivity contribution in [3.05, 3.63) is 23.9 Å². The van der Waals surface area contributed by atoms with Crippen LogP contribution in [0, 0.1) is 6.92 Å². The Labute approximate surface area is 110 Å². The minimum absolute atomic E-state index is 0.813. The van der Waals surface area contributed by atoms with E-state index < -0.39 is 0 Å². The Morgan fingerprint density at radius 3 is 2.61 bits per heavy atom. The summed E-state index contributed by atoms with van der Waals surface area (Å²) >= 11 is 0. The number of anilines is 1. The summed E-state index contributed by atoms with van der Waals surface area (Å²) in [6.07, 6.45) is 2.36. The van der Waals surface area contributed by atoms with Crippen molar-refractivity contribution in [3.63, 3.8) is 0 Å². The molecule has 2 N–H and O–H groups in total. The van der Waals surface area contributed by atoms with Gasteiger partial charge in [-0.25, -0.2) is 4.98 Å². The number of unbranched alkanes of at least 4 members (excludes halogenated alkanes) is 1. The molecule has 0 unspecified atom stereocenters. The van der Waals surface area contributed by atoms with Gasteiger partial charge in [0, 0.05) is 31.9 Å². The van der Waals surface area contributed by atoms with Crippen molar-refractivity contribution < 1.29 is 0 Å². The number of hydrogen-bond donors (Lipinski definition) is 1. The molecule has 2 heterocycles. The molecule has 1 aliphatic rings. The fourth-order valence-electron chi connectivity index (χ4n) is 2.39. The molecular weight excluding hydrogens is 224 g/mol. The van der Waals surface area contributed by atoms with Crippen LogP contribution in [-0.4, -0.2) is 49.2 Å². The summed E-state index contributed by atoms with van der Waals surface area (Å²) in [5.41, 5.74) is 6.62. The van der Waals surface area contributed by atoms with Crippen molar-refractivity contribution in [2.24, 2.45) is 5.73 Å². The minimum Gasteiger partial charge on any atom is -0.354 e. The quantitative estimate of drug-likeness (QED) is 0.797. The summed E-state index contributed by atoms with van der Waals surface area (Å²) in [7, 11) is 0. The number of aromatic nitrogens is 1. The summed E-state index contributed by atoms with van der Waals surface area (Å²) in [6.45, 7) is 8.49. The second-order valence-electron chi connectivity index (χ2n) is 4.96. The Kier molecular flexibility index (Phi) is 4.96. The van der Waals surface area contributed by atoms with Crippen LogP contribution in [0.1, 0.15) is 18.5 Å². The lowest BCUT2D eigenvalue weighted by molar-refractivity contribution is 0.253.